The maximum atomic E-state index is 13.3. The minimum Gasteiger partial charge on any atom is -0.364 e. The first kappa shape index (κ1) is 21.3. The molecule has 0 radical (unpaired) electrons. The van der Waals surface area contributed by atoms with E-state index in [-0.39, 0.29) is 18.0 Å². The number of nitrogens with one attached hydrogen (secondary N) is 2. The standard InChI is InChI=1S/C23H28N6O2S/c1-15-25-12-18(7-8-31-15)29-22(14-32(2,30)27-11-16-3-4-16)28-21-13-26-20-6-5-17(10-24)9-19(20)23(21)29/h5-6,9,13,15-16,18,25H,2-4,7-8,11-12,14H2,1H3,(H,27,30)/t15-,18?,32?/m1/s1. The van der Waals surface area contributed by atoms with E-state index >= 15 is 0 Å². The highest BCUT2D eigenvalue weighted by molar-refractivity contribution is 7.97. The van der Waals surface area contributed by atoms with E-state index in [1.54, 1.807) is 12.3 Å². The zero-order valence-corrected chi connectivity index (χ0v) is 19.0. The minimum atomic E-state index is -2.54. The van der Waals surface area contributed by atoms with Gasteiger partial charge in [-0.1, -0.05) is 0 Å². The van der Waals surface area contributed by atoms with Gasteiger partial charge >= 0.3 is 0 Å². The number of hydrogen-bond donors (Lipinski definition) is 2. The molecule has 1 saturated heterocycles. The van der Waals surface area contributed by atoms with Gasteiger partial charge in [0.2, 0.25) is 0 Å². The Morgan fingerprint density at radius 1 is 1.38 bits per heavy atom. The van der Waals surface area contributed by atoms with E-state index in [4.69, 9.17) is 9.72 Å². The van der Waals surface area contributed by atoms with Crippen LogP contribution in [0, 0.1) is 17.2 Å². The smallest absolute Gasteiger partial charge is 0.123 e. The number of aromatic nitrogens is 3. The molecule has 1 aromatic carbocycles. The zero-order chi connectivity index (χ0) is 22.3. The number of pyridine rings is 1. The fraction of sp³-hybridized carbons (Fsp3) is 0.478. The Bertz CT molecular complexity index is 1310. The van der Waals surface area contributed by atoms with Crippen molar-refractivity contribution in [2.45, 2.75) is 44.2 Å². The molecule has 2 unspecified atom stereocenters. The summed E-state index contributed by atoms with van der Waals surface area (Å²) in [6, 6.07) is 7.79. The van der Waals surface area contributed by atoms with Crippen LogP contribution in [0.3, 0.4) is 0 Å². The second-order valence-corrected chi connectivity index (χ2v) is 11.0. The van der Waals surface area contributed by atoms with Crippen molar-refractivity contribution >= 4 is 37.5 Å². The highest BCUT2D eigenvalue weighted by Crippen LogP contribution is 2.31. The zero-order valence-electron chi connectivity index (χ0n) is 18.2. The molecule has 2 aliphatic rings. The molecular formula is C23H28N6O2S. The first-order chi connectivity index (χ1) is 15.4. The van der Waals surface area contributed by atoms with Crippen LogP contribution in [0.2, 0.25) is 0 Å². The summed E-state index contributed by atoms with van der Waals surface area (Å²) in [4.78, 5) is 9.41. The molecule has 1 aliphatic heterocycles. The Kier molecular flexibility index (Phi) is 5.63. The highest BCUT2D eigenvalue weighted by atomic mass is 32.2. The summed E-state index contributed by atoms with van der Waals surface area (Å²) in [6.45, 7) is 4.05. The van der Waals surface area contributed by atoms with Crippen LogP contribution in [0.5, 0.6) is 0 Å². The number of hydrogen-bond acceptors (Lipinski definition) is 6. The predicted molar refractivity (Wildman–Crippen MR) is 127 cm³/mol. The number of ether oxygens (including phenoxy) is 1. The number of rotatable bonds is 6. The van der Waals surface area contributed by atoms with E-state index in [2.05, 4.69) is 31.5 Å². The maximum Gasteiger partial charge on any atom is 0.123 e. The topological polar surface area (TPSA) is 105 Å². The van der Waals surface area contributed by atoms with Gasteiger partial charge < -0.3 is 9.30 Å². The number of nitrogens with zero attached hydrogens (tertiary/aromatic N) is 4. The van der Waals surface area contributed by atoms with E-state index in [1.165, 1.54) is 12.8 Å². The molecule has 2 N–H and O–H groups in total. The van der Waals surface area contributed by atoms with Gasteiger partial charge in [-0.15, -0.1) is 0 Å². The van der Waals surface area contributed by atoms with Crippen molar-refractivity contribution < 1.29 is 8.95 Å². The molecule has 32 heavy (non-hydrogen) atoms. The molecule has 168 valence electrons. The third-order valence-corrected chi connectivity index (χ3v) is 7.65. The normalized spacial score (nSPS) is 23.6. The molecule has 8 nitrogen and oxygen atoms in total. The SMILES string of the molecule is C=S(=O)(Cc1nc2cnc3ccc(C#N)cc3c2n1C1CCO[C@H](C)NC1)NCC1CC1. The van der Waals surface area contributed by atoms with E-state index in [0.717, 1.165) is 40.7 Å². The van der Waals surface area contributed by atoms with Crippen molar-refractivity contribution in [3.63, 3.8) is 0 Å². The number of fused-ring (bicyclic) bond motifs is 3. The van der Waals surface area contributed by atoms with E-state index in [1.807, 2.05) is 19.1 Å². The number of imidazole rings is 1. The lowest BCUT2D eigenvalue weighted by Crippen LogP contribution is -2.32. The second kappa shape index (κ2) is 8.45. The predicted octanol–water partition coefficient (Wildman–Crippen LogP) is 2.48. The Morgan fingerprint density at radius 3 is 3.00 bits per heavy atom. The third kappa shape index (κ3) is 4.36. The molecular weight excluding hydrogens is 424 g/mol. The van der Waals surface area contributed by atoms with Gasteiger partial charge in [-0.05, 0) is 56.2 Å². The van der Waals surface area contributed by atoms with Crippen molar-refractivity contribution in [1.29, 1.82) is 5.26 Å². The summed E-state index contributed by atoms with van der Waals surface area (Å²) in [5.74, 6) is 5.58. The van der Waals surface area contributed by atoms with Crippen LogP contribution in [0.25, 0.3) is 21.9 Å². The average molecular weight is 453 g/mol. The Hall–Kier alpha value is -2.51. The molecule has 1 aliphatic carbocycles. The Balaban J connectivity index is 1.64. The molecule has 2 fully saturated rings. The molecule has 1 saturated carbocycles. The van der Waals surface area contributed by atoms with Crippen LogP contribution in [-0.4, -0.2) is 50.5 Å². The van der Waals surface area contributed by atoms with Crippen LogP contribution >= 0.6 is 0 Å². The highest BCUT2D eigenvalue weighted by Gasteiger charge is 2.27. The summed E-state index contributed by atoms with van der Waals surface area (Å²) in [5, 5.41) is 13.7. The van der Waals surface area contributed by atoms with Gasteiger partial charge in [0.15, 0.2) is 0 Å². The van der Waals surface area contributed by atoms with Gasteiger partial charge in [0.1, 0.15) is 17.6 Å². The molecule has 3 atom stereocenters. The quantitative estimate of drug-likeness (QED) is 0.557. The van der Waals surface area contributed by atoms with Gasteiger partial charge in [-0.2, -0.15) is 5.26 Å². The largest absolute Gasteiger partial charge is 0.364 e. The summed E-state index contributed by atoms with van der Waals surface area (Å²) in [5.41, 5.74) is 3.03. The Labute approximate surface area is 188 Å². The van der Waals surface area contributed by atoms with Crippen LogP contribution in [0.1, 0.15) is 43.6 Å². The summed E-state index contributed by atoms with van der Waals surface area (Å²) in [6.07, 6.45) is 4.90. The fourth-order valence-corrected chi connectivity index (χ4v) is 5.57. The average Bonchev–Trinajstić information content (AvgIpc) is 3.57. The van der Waals surface area contributed by atoms with Crippen LogP contribution in [0.15, 0.2) is 24.4 Å². The van der Waals surface area contributed by atoms with Crippen LogP contribution in [-0.2, 0) is 20.2 Å². The van der Waals surface area contributed by atoms with Crippen LogP contribution in [0.4, 0.5) is 0 Å². The summed E-state index contributed by atoms with van der Waals surface area (Å²) in [7, 11) is -2.54. The molecule has 5 rings (SSSR count). The monoisotopic (exact) mass is 452 g/mol. The van der Waals surface area contributed by atoms with Gasteiger partial charge in [0.25, 0.3) is 0 Å². The fourth-order valence-electron chi connectivity index (χ4n) is 4.31. The van der Waals surface area contributed by atoms with E-state index in [9.17, 15) is 9.47 Å². The first-order valence-electron chi connectivity index (χ1n) is 11.1. The molecule has 0 amide bonds. The van der Waals surface area contributed by atoms with E-state index in [0.29, 0.717) is 24.6 Å². The van der Waals surface area contributed by atoms with Crippen molar-refractivity contribution in [2.75, 3.05) is 19.7 Å². The van der Waals surface area contributed by atoms with Gasteiger partial charge in [-0.25, -0.2) is 9.71 Å². The number of nitriles is 1. The minimum absolute atomic E-state index is 0.0286. The van der Waals surface area contributed by atoms with Crippen molar-refractivity contribution in [3.05, 3.63) is 35.8 Å². The van der Waals surface area contributed by atoms with Gasteiger partial charge in [0, 0.05) is 28.2 Å². The van der Waals surface area contributed by atoms with E-state index < -0.39 is 9.71 Å². The van der Waals surface area contributed by atoms with Crippen molar-refractivity contribution in [3.8, 4) is 6.07 Å². The van der Waals surface area contributed by atoms with Gasteiger partial charge in [0.05, 0.1) is 47.3 Å². The molecule has 3 aromatic rings. The Morgan fingerprint density at radius 2 is 2.22 bits per heavy atom. The maximum absolute atomic E-state index is 13.3. The van der Waals surface area contributed by atoms with Crippen LogP contribution < -0.4 is 10.0 Å². The molecule has 9 heteroatoms. The number of benzene rings is 1. The molecule has 0 bridgehead atoms. The van der Waals surface area contributed by atoms with Gasteiger partial charge in [-0.3, -0.25) is 14.5 Å². The lowest BCUT2D eigenvalue weighted by Gasteiger charge is -2.21. The molecule has 2 aromatic heterocycles. The first-order valence-corrected chi connectivity index (χ1v) is 13.0. The summed E-state index contributed by atoms with van der Waals surface area (Å²) < 4.78 is 24.5. The third-order valence-electron chi connectivity index (χ3n) is 6.24. The lowest BCUT2D eigenvalue weighted by atomic mass is 10.1. The van der Waals surface area contributed by atoms with Crippen molar-refractivity contribution in [2.24, 2.45) is 5.92 Å². The molecule has 0 spiro atoms. The summed E-state index contributed by atoms with van der Waals surface area (Å²) >= 11 is 0. The molecule has 3 heterocycles. The second-order valence-electron chi connectivity index (χ2n) is 8.85. The van der Waals surface area contributed by atoms with Crippen molar-refractivity contribution in [1.82, 2.24) is 24.6 Å². The lowest BCUT2D eigenvalue weighted by molar-refractivity contribution is 0.0562.